The Kier molecular flexibility index (Phi) is 5.64. The Hall–Kier alpha value is -1.96. The Morgan fingerprint density at radius 1 is 1.07 bits per heavy atom. The Labute approximate surface area is 172 Å². The first-order valence-corrected chi connectivity index (χ1v) is 11.5. The molecule has 2 saturated heterocycles. The molecule has 0 saturated carbocycles. The molecule has 29 heavy (non-hydrogen) atoms. The molecule has 0 spiro atoms. The molecule has 7 heteroatoms. The lowest BCUT2D eigenvalue weighted by Gasteiger charge is -2.33. The minimum Gasteiger partial charge on any atom is -0.492 e. The molecule has 2 heterocycles. The van der Waals surface area contributed by atoms with Gasteiger partial charge in [0, 0.05) is 31.7 Å². The van der Waals surface area contributed by atoms with Crippen LogP contribution in [0.2, 0.25) is 0 Å². The van der Waals surface area contributed by atoms with Crippen molar-refractivity contribution in [2.45, 2.75) is 43.2 Å². The zero-order valence-electron chi connectivity index (χ0n) is 16.8. The van der Waals surface area contributed by atoms with Gasteiger partial charge in [0.25, 0.3) is 0 Å². The number of ether oxygens (including phenoxy) is 1. The van der Waals surface area contributed by atoms with Crippen LogP contribution in [0.4, 0.5) is 4.39 Å². The molecule has 2 atom stereocenters. The number of hydrogen-bond donors (Lipinski definition) is 0. The SMILES string of the molecule is CC(C)c1ccccc1OCCN1CC2CC1CN2S(=O)(=O)c1ccc(F)cc1. The maximum absolute atomic E-state index is 13.1. The first-order valence-electron chi connectivity index (χ1n) is 10.1. The molecule has 4 rings (SSSR count). The number of hydrogen-bond acceptors (Lipinski definition) is 4. The smallest absolute Gasteiger partial charge is 0.243 e. The number of sulfonamides is 1. The van der Waals surface area contributed by atoms with Gasteiger partial charge < -0.3 is 4.74 Å². The van der Waals surface area contributed by atoms with E-state index in [1.165, 1.54) is 29.8 Å². The number of piperazine rings is 1. The summed E-state index contributed by atoms with van der Waals surface area (Å²) in [5, 5.41) is 0. The van der Waals surface area contributed by atoms with Crippen LogP contribution in [0.25, 0.3) is 0 Å². The summed E-state index contributed by atoms with van der Waals surface area (Å²) in [6.07, 6.45) is 0.836. The lowest BCUT2D eigenvalue weighted by atomic mass is 10.0. The second kappa shape index (κ2) is 8.05. The van der Waals surface area contributed by atoms with Gasteiger partial charge in [-0.2, -0.15) is 4.31 Å². The summed E-state index contributed by atoms with van der Waals surface area (Å²) >= 11 is 0. The predicted octanol–water partition coefficient (Wildman–Crippen LogP) is 3.48. The highest BCUT2D eigenvalue weighted by atomic mass is 32.2. The zero-order valence-corrected chi connectivity index (χ0v) is 17.6. The first-order chi connectivity index (χ1) is 13.9. The highest BCUT2D eigenvalue weighted by molar-refractivity contribution is 7.89. The van der Waals surface area contributed by atoms with Crippen LogP contribution in [0.15, 0.2) is 53.4 Å². The molecule has 0 aliphatic carbocycles. The maximum atomic E-state index is 13.1. The van der Waals surface area contributed by atoms with Crippen LogP contribution in [-0.4, -0.2) is 55.9 Å². The van der Waals surface area contributed by atoms with Crippen molar-refractivity contribution in [1.82, 2.24) is 9.21 Å². The number of halogens is 1. The lowest BCUT2D eigenvalue weighted by Crippen LogP contribution is -2.49. The van der Waals surface area contributed by atoms with Crippen molar-refractivity contribution >= 4 is 10.0 Å². The number of nitrogens with zero attached hydrogens (tertiary/aromatic N) is 2. The summed E-state index contributed by atoms with van der Waals surface area (Å²) < 4.78 is 46.6. The van der Waals surface area contributed by atoms with E-state index in [4.69, 9.17) is 4.74 Å². The first kappa shape index (κ1) is 20.3. The normalized spacial score (nSPS) is 22.5. The maximum Gasteiger partial charge on any atom is 0.243 e. The van der Waals surface area contributed by atoms with Crippen molar-refractivity contribution in [3.05, 3.63) is 59.9 Å². The van der Waals surface area contributed by atoms with Crippen LogP contribution in [0.5, 0.6) is 5.75 Å². The van der Waals surface area contributed by atoms with E-state index in [9.17, 15) is 12.8 Å². The van der Waals surface area contributed by atoms with Crippen LogP contribution in [0.3, 0.4) is 0 Å². The largest absolute Gasteiger partial charge is 0.492 e. The third kappa shape index (κ3) is 4.04. The number of likely N-dealkylation sites (tertiary alicyclic amines) is 1. The third-order valence-electron chi connectivity index (χ3n) is 5.90. The van der Waals surface area contributed by atoms with E-state index in [0.29, 0.717) is 25.6 Å². The molecule has 2 aliphatic heterocycles. The summed E-state index contributed by atoms with van der Waals surface area (Å²) in [6, 6.07) is 13.4. The second-order valence-electron chi connectivity index (χ2n) is 8.11. The topological polar surface area (TPSA) is 49.9 Å². The van der Waals surface area contributed by atoms with Gasteiger partial charge >= 0.3 is 0 Å². The Bertz CT molecular complexity index is 962. The van der Waals surface area contributed by atoms with E-state index >= 15 is 0 Å². The van der Waals surface area contributed by atoms with E-state index in [1.807, 2.05) is 18.2 Å². The molecule has 0 N–H and O–H groups in total. The summed E-state index contributed by atoms with van der Waals surface area (Å²) in [7, 11) is -3.58. The number of fused-ring (bicyclic) bond motifs is 2. The summed E-state index contributed by atoms with van der Waals surface area (Å²) in [6.45, 7) is 6.85. The molecular formula is C22H27FN2O3S. The van der Waals surface area contributed by atoms with Crippen molar-refractivity contribution in [1.29, 1.82) is 0 Å². The standard InChI is InChI=1S/C22H27FN2O3S/c1-16(2)21-5-3-4-6-22(21)28-12-11-24-14-19-13-18(24)15-25(19)29(26,27)20-9-7-17(23)8-10-20/h3-10,16,18-19H,11-15H2,1-2H3. The molecule has 156 valence electrons. The second-order valence-corrected chi connectivity index (χ2v) is 10.00. The minimum absolute atomic E-state index is 0.0296. The predicted molar refractivity (Wildman–Crippen MR) is 110 cm³/mol. The molecule has 2 aromatic carbocycles. The number of para-hydroxylation sites is 1. The van der Waals surface area contributed by atoms with Gasteiger partial charge in [-0.05, 0) is 48.2 Å². The van der Waals surface area contributed by atoms with Gasteiger partial charge in [-0.1, -0.05) is 32.0 Å². The number of benzene rings is 2. The Balaban J connectivity index is 1.35. The van der Waals surface area contributed by atoms with E-state index in [2.05, 4.69) is 24.8 Å². The van der Waals surface area contributed by atoms with E-state index in [-0.39, 0.29) is 17.0 Å². The highest BCUT2D eigenvalue weighted by Gasteiger charge is 2.48. The van der Waals surface area contributed by atoms with Gasteiger partial charge in [0.05, 0.1) is 4.90 Å². The van der Waals surface area contributed by atoms with Crippen LogP contribution in [-0.2, 0) is 10.0 Å². The molecule has 2 aromatic rings. The highest BCUT2D eigenvalue weighted by Crippen LogP contribution is 2.35. The third-order valence-corrected chi connectivity index (χ3v) is 7.83. The van der Waals surface area contributed by atoms with Gasteiger partial charge in [0.2, 0.25) is 10.0 Å². The van der Waals surface area contributed by atoms with Crippen molar-refractivity contribution < 1.29 is 17.5 Å². The molecule has 0 radical (unpaired) electrons. The number of rotatable bonds is 7. The molecule has 0 amide bonds. The van der Waals surface area contributed by atoms with Crippen LogP contribution in [0.1, 0.15) is 31.7 Å². The average molecular weight is 419 g/mol. The van der Waals surface area contributed by atoms with Crippen molar-refractivity contribution in [3.63, 3.8) is 0 Å². The quantitative estimate of drug-likeness (QED) is 0.691. The van der Waals surface area contributed by atoms with Crippen LogP contribution in [0, 0.1) is 5.82 Å². The van der Waals surface area contributed by atoms with Crippen molar-refractivity contribution in [2.24, 2.45) is 0 Å². The fourth-order valence-electron chi connectivity index (χ4n) is 4.38. The minimum atomic E-state index is -3.58. The Morgan fingerprint density at radius 2 is 1.79 bits per heavy atom. The fourth-order valence-corrected chi connectivity index (χ4v) is 6.05. The van der Waals surface area contributed by atoms with E-state index < -0.39 is 15.8 Å². The summed E-state index contributed by atoms with van der Waals surface area (Å²) in [5.74, 6) is 0.892. The molecule has 2 fully saturated rings. The Morgan fingerprint density at radius 3 is 2.45 bits per heavy atom. The molecule has 2 bridgehead atoms. The summed E-state index contributed by atoms with van der Waals surface area (Å²) in [5.41, 5.74) is 1.20. The monoisotopic (exact) mass is 418 g/mol. The van der Waals surface area contributed by atoms with Gasteiger partial charge in [-0.15, -0.1) is 0 Å². The van der Waals surface area contributed by atoms with E-state index in [1.54, 1.807) is 4.31 Å². The van der Waals surface area contributed by atoms with Gasteiger partial charge in [-0.25, -0.2) is 12.8 Å². The molecule has 2 aliphatic rings. The molecule has 0 aromatic heterocycles. The van der Waals surface area contributed by atoms with Crippen LogP contribution >= 0.6 is 0 Å². The van der Waals surface area contributed by atoms with Crippen molar-refractivity contribution in [3.8, 4) is 5.75 Å². The molecule has 2 unspecified atom stereocenters. The van der Waals surface area contributed by atoms with E-state index in [0.717, 1.165) is 18.7 Å². The van der Waals surface area contributed by atoms with Gasteiger partial charge in [-0.3, -0.25) is 4.90 Å². The summed E-state index contributed by atoms with van der Waals surface area (Å²) in [4.78, 5) is 2.48. The molecular weight excluding hydrogens is 391 g/mol. The van der Waals surface area contributed by atoms with Gasteiger partial charge in [0.1, 0.15) is 18.2 Å². The zero-order chi connectivity index (χ0) is 20.6. The van der Waals surface area contributed by atoms with Crippen LogP contribution < -0.4 is 4.74 Å². The molecule has 5 nitrogen and oxygen atoms in total. The average Bonchev–Trinajstić information content (AvgIpc) is 3.29. The fraction of sp³-hybridized carbons (Fsp3) is 0.455. The van der Waals surface area contributed by atoms with Crippen molar-refractivity contribution in [2.75, 3.05) is 26.2 Å². The lowest BCUT2D eigenvalue weighted by molar-refractivity contribution is 0.152. The van der Waals surface area contributed by atoms with Gasteiger partial charge in [0.15, 0.2) is 0 Å².